The monoisotopic (exact) mass is 226 g/mol. The minimum Gasteiger partial charge on any atom is -0.375 e. The Kier molecular flexibility index (Phi) is 3.82. The molecule has 1 amide bonds. The van der Waals surface area contributed by atoms with Crippen molar-refractivity contribution in [1.29, 1.82) is 0 Å². The van der Waals surface area contributed by atoms with E-state index in [1.54, 1.807) is 7.05 Å². The Morgan fingerprint density at radius 3 is 2.88 bits per heavy atom. The molecule has 2 fully saturated rings. The maximum Gasteiger partial charge on any atom is 0.234 e. The zero-order valence-corrected chi connectivity index (χ0v) is 10.1. The van der Waals surface area contributed by atoms with Crippen molar-refractivity contribution in [1.82, 2.24) is 10.6 Å². The normalized spacial score (nSPS) is 28.2. The first-order valence-electron chi connectivity index (χ1n) is 6.32. The standard InChI is InChI=1S/C12H22N2O2/c1-13-9-11(15)14-10-4-7-16-12(8-10)5-2-3-6-12/h10,13H,2-9H2,1H3,(H,14,15). The van der Waals surface area contributed by atoms with E-state index in [0.29, 0.717) is 12.6 Å². The highest BCUT2D eigenvalue weighted by Gasteiger charge is 2.40. The van der Waals surface area contributed by atoms with E-state index < -0.39 is 0 Å². The molecule has 0 aromatic rings. The zero-order chi connectivity index (χ0) is 11.4. The van der Waals surface area contributed by atoms with E-state index in [0.717, 1.165) is 19.4 Å². The van der Waals surface area contributed by atoms with Crippen molar-refractivity contribution in [2.75, 3.05) is 20.2 Å². The molecular weight excluding hydrogens is 204 g/mol. The molecule has 1 unspecified atom stereocenters. The predicted molar refractivity (Wildman–Crippen MR) is 62.2 cm³/mol. The van der Waals surface area contributed by atoms with Crippen molar-refractivity contribution in [2.45, 2.75) is 50.2 Å². The fourth-order valence-corrected chi connectivity index (χ4v) is 2.96. The van der Waals surface area contributed by atoms with Crippen molar-refractivity contribution in [2.24, 2.45) is 0 Å². The van der Waals surface area contributed by atoms with Crippen LogP contribution in [0.2, 0.25) is 0 Å². The third kappa shape index (κ3) is 2.74. The summed E-state index contributed by atoms with van der Waals surface area (Å²) in [5, 5.41) is 5.96. The molecule has 4 nitrogen and oxygen atoms in total. The van der Waals surface area contributed by atoms with Gasteiger partial charge in [-0.1, -0.05) is 12.8 Å². The highest BCUT2D eigenvalue weighted by atomic mass is 16.5. The van der Waals surface area contributed by atoms with Crippen LogP contribution in [0, 0.1) is 0 Å². The first-order valence-corrected chi connectivity index (χ1v) is 6.32. The smallest absolute Gasteiger partial charge is 0.234 e. The fraction of sp³-hybridized carbons (Fsp3) is 0.917. The van der Waals surface area contributed by atoms with Crippen molar-refractivity contribution >= 4 is 5.91 Å². The first kappa shape index (κ1) is 11.9. The first-order chi connectivity index (χ1) is 7.74. The van der Waals surface area contributed by atoms with Gasteiger partial charge in [-0.25, -0.2) is 0 Å². The van der Waals surface area contributed by atoms with E-state index >= 15 is 0 Å². The summed E-state index contributed by atoms with van der Waals surface area (Å²) in [5.41, 5.74) is 0.0931. The van der Waals surface area contributed by atoms with Gasteiger partial charge < -0.3 is 15.4 Å². The van der Waals surface area contributed by atoms with Gasteiger partial charge in [0.15, 0.2) is 0 Å². The van der Waals surface area contributed by atoms with Gasteiger partial charge in [0.05, 0.1) is 12.1 Å². The van der Waals surface area contributed by atoms with Gasteiger partial charge in [0.1, 0.15) is 0 Å². The number of hydrogen-bond donors (Lipinski definition) is 2. The van der Waals surface area contributed by atoms with E-state index in [4.69, 9.17) is 4.74 Å². The molecule has 0 bridgehead atoms. The van der Waals surface area contributed by atoms with Crippen molar-refractivity contribution < 1.29 is 9.53 Å². The molecule has 0 aromatic heterocycles. The van der Waals surface area contributed by atoms with Gasteiger partial charge in [-0.05, 0) is 32.7 Å². The number of rotatable bonds is 3. The molecular formula is C12H22N2O2. The maximum absolute atomic E-state index is 11.5. The lowest BCUT2D eigenvalue weighted by Crippen LogP contribution is -2.48. The van der Waals surface area contributed by atoms with Crippen LogP contribution in [0.3, 0.4) is 0 Å². The summed E-state index contributed by atoms with van der Waals surface area (Å²) in [5.74, 6) is 0.0996. The fourth-order valence-electron chi connectivity index (χ4n) is 2.96. The van der Waals surface area contributed by atoms with Crippen LogP contribution in [0.15, 0.2) is 0 Å². The minimum atomic E-state index is 0.0931. The van der Waals surface area contributed by atoms with Crippen LogP contribution in [0.4, 0.5) is 0 Å². The molecule has 2 N–H and O–H groups in total. The number of likely N-dealkylation sites (N-methyl/N-ethyl adjacent to an activating group) is 1. The van der Waals surface area contributed by atoms with Crippen molar-refractivity contribution in [3.8, 4) is 0 Å². The van der Waals surface area contributed by atoms with E-state index in [1.807, 2.05) is 0 Å². The molecule has 1 spiro atoms. The molecule has 92 valence electrons. The molecule has 1 aliphatic carbocycles. The van der Waals surface area contributed by atoms with Crippen LogP contribution in [0.5, 0.6) is 0 Å². The molecule has 1 aliphatic heterocycles. The van der Waals surface area contributed by atoms with Crippen LogP contribution in [0.1, 0.15) is 38.5 Å². The quantitative estimate of drug-likeness (QED) is 0.749. The molecule has 1 heterocycles. The highest BCUT2D eigenvalue weighted by Crippen LogP contribution is 2.39. The van der Waals surface area contributed by atoms with Gasteiger partial charge in [0.25, 0.3) is 0 Å². The van der Waals surface area contributed by atoms with Crippen LogP contribution < -0.4 is 10.6 Å². The summed E-state index contributed by atoms with van der Waals surface area (Å²) < 4.78 is 5.93. The number of carbonyl (C=O) groups excluding carboxylic acids is 1. The van der Waals surface area contributed by atoms with Gasteiger partial charge in [0.2, 0.25) is 5.91 Å². The molecule has 1 saturated carbocycles. The second kappa shape index (κ2) is 5.15. The maximum atomic E-state index is 11.5. The molecule has 2 aliphatic rings. The van der Waals surface area contributed by atoms with Gasteiger partial charge in [-0.3, -0.25) is 4.79 Å². The lowest BCUT2D eigenvalue weighted by atomic mass is 9.89. The number of ether oxygens (including phenoxy) is 1. The van der Waals surface area contributed by atoms with E-state index in [1.165, 1.54) is 25.7 Å². The lowest BCUT2D eigenvalue weighted by Gasteiger charge is -2.38. The third-order valence-corrected chi connectivity index (χ3v) is 3.71. The molecule has 2 rings (SSSR count). The topological polar surface area (TPSA) is 50.4 Å². The van der Waals surface area contributed by atoms with Crippen molar-refractivity contribution in [3.05, 3.63) is 0 Å². The molecule has 0 radical (unpaired) electrons. The summed E-state index contributed by atoms with van der Waals surface area (Å²) in [6, 6.07) is 0.313. The van der Waals surface area contributed by atoms with E-state index in [2.05, 4.69) is 10.6 Å². The van der Waals surface area contributed by atoms with Crippen LogP contribution in [-0.2, 0) is 9.53 Å². The Labute approximate surface area is 97.1 Å². The Balaban J connectivity index is 1.84. The average molecular weight is 226 g/mol. The Bertz CT molecular complexity index is 249. The molecule has 1 atom stereocenters. The minimum absolute atomic E-state index is 0.0931. The van der Waals surface area contributed by atoms with Crippen molar-refractivity contribution in [3.63, 3.8) is 0 Å². The summed E-state index contributed by atoms with van der Waals surface area (Å²) in [7, 11) is 1.79. The third-order valence-electron chi connectivity index (χ3n) is 3.71. The molecule has 1 saturated heterocycles. The molecule has 0 aromatic carbocycles. The summed E-state index contributed by atoms with van der Waals surface area (Å²) in [6.07, 6.45) is 6.85. The van der Waals surface area contributed by atoms with Gasteiger partial charge in [0, 0.05) is 12.6 Å². The van der Waals surface area contributed by atoms with Gasteiger partial charge in [-0.2, -0.15) is 0 Å². The largest absolute Gasteiger partial charge is 0.375 e. The Morgan fingerprint density at radius 1 is 1.44 bits per heavy atom. The number of carbonyl (C=O) groups is 1. The second-order valence-electron chi connectivity index (χ2n) is 5.03. The van der Waals surface area contributed by atoms with Crippen LogP contribution in [-0.4, -0.2) is 37.7 Å². The summed E-state index contributed by atoms with van der Waals surface area (Å²) in [4.78, 5) is 11.5. The number of hydrogen-bond acceptors (Lipinski definition) is 3. The van der Waals surface area contributed by atoms with E-state index in [-0.39, 0.29) is 11.5 Å². The predicted octanol–water partition coefficient (Wildman–Crippen LogP) is 0.814. The summed E-state index contributed by atoms with van der Waals surface area (Å²) >= 11 is 0. The SMILES string of the molecule is CNCC(=O)NC1CCOC2(CCCC2)C1. The van der Waals surface area contributed by atoms with Gasteiger partial charge >= 0.3 is 0 Å². The average Bonchev–Trinajstić information content (AvgIpc) is 2.66. The molecule has 4 heteroatoms. The lowest BCUT2D eigenvalue weighted by molar-refractivity contribution is -0.124. The second-order valence-corrected chi connectivity index (χ2v) is 5.03. The number of amides is 1. The highest BCUT2D eigenvalue weighted by molar-refractivity contribution is 5.78. The Morgan fingerprint density at radius 2 is 2.19 bits per heavy atom. The van der Waals surface area contributed by atoms with Gasteiger partial charge in [-0.15, -0.1) is 0 Å². The van der Waals surface area contributed by atoms with E-state index in [9.17, 15) is 4.79 Å². The van der Waals surface area contributed by atoms with Crippen LogP contribution >= 0.6 is 0 Å². The number of nitrogens with one attached hydrogen (secondary N) is 2. The molecule has 16 heavy (non-hydrogen) atoms. The van der Waals surface area contributed by atoms with Crippen LogP contribution in [0.25, 0.3) is 0 Å². The Hall–Kier alpha value is -0.610. The zero-order valence-electron chi connectivity index (χ0n) is 10.1. The summed E-state index contributed by atoms with van der Waals surface area (Å²) in [6.45, 7) is 1.20.